The van der Waals surface area contributed by atoms with Crippen LogP contribution < -0.4 is 9.47 Å². The Morgan fingerprint density at radius 1 is 1.12 bits per heavy atom. The van der Waals surface area contributed by atoms with E-state index in [9.17, 15) is 5.26 Å². The van der Waals surface area contributed by atoms with E-state index in [1.165, 1.54) is 0 Å². The molecule has 0 spiro atoms. The Hall–Kier alpha value is -2.87. The lowest BCUT2D eigenvalue weighted by atomic mass is 10.1. The predicted octanol–water partition coefficient (Wildman–Crippen LogP) is 4.17. The van der Waals surface area contributed by atoms with Crippen molar-refractivity contribution in [2.45, 2.75) is 19.8 Å². The Labute approximate surface area is 149 Å². The molecule has 0 atom stereocenters. The summed E-state index contributed by atoms with van der Waals surface area (Å²) in [5.74, 6) is 1.55. The first-order valence-corrected chi connectivity index (χ1v) is 8.27. The first-order chi connectivity index (χ1) is 12.2. The third-order valence-corrected chi connectivity index (χ3v) is 4.21. The molecule has 0 N–H and O–H groups in total. The number of aromatic nitrogens is 1. The highest BCUT2D eigenvalue weighted by Gasteiger charge is 2.18. The van der Waals surface area contributed by atoms with Crippen LogP contribution in [0, 0.1) is 11.3 Å². The molecule has 0 unspecified atom stereocenters. The number of rotatable bonds is 6. The van der Waals surface area contributed by atoms with Gasteiger partial charge in [-0.15, -0.1) is 0 Å². The van der Waals surface area contributed by atoms with E-state index in [2.05, 4.69) is 17.6 Å². The molecule has 3 rings (SSSR count). The first-order valence-electron chi connectivity index (χ1n) is 8.27. The Bertz CT molecular complexity index is 924. The third-order valence-electron chi connectivity index (χ3n) is 4.21. The van der Waals surface area contributed by atoms with E-state index in [4.69, 9.17) is 17.3 Å². The summed E-state index contributed by atoms with van der Waals surface area (Å²) in [6.07, 6.45) is 0.478. The van der Waals surface area contributed by atoms with Gasteiger partial charge in [0.05, 0.1) is 38.3 Å². The third kappa shape index (κ3) is 3.08. The van der Waals surface area contributed by atoms with E-state index in [-0.39, 0.29) is 0 Å². The average molecular weight is 330 g/mol. The molecule has 1 heterocycles. The maximum absolute atomic E-state index is 9.75. The molecule has 0 saturated carbocycles. The van der Waals surface area contributed by atoms with Crippen molar-refractivity contribution in [3.05, 3.63) is 48.0 Å². The second-order valence-corrected chi connectivity index (χ2v) is 5.62. The minimum Gasteiger partial charge on any atom is -0.497 e. The number of nitrogens with zero attached hydrogens (tertiary/aromatic N) is 2. The van der Waals surface area contributed by atoms with Crippen LogP contribution in [0.4, 0.5) is 0 Å². The summed E-state index contributed by atoms with van der Waals surface area (Å²) in [5.41, 5.74) is 3.57. The highest BCUT2D eigenvalue weighted by atomic mass is 16.5. The van der Waals surface area contributed by atoms with Crippen LogP contribution in [0.2, 0.25) is 6.32 Å². The largest absolute Gasteiger partial charge is 0.497 e. The first kappa shape index (κ1) is 17.0. The SMILES string of the molecule is [B]CCOc1ccc(-c2c(C#N)c3ccc(OC)cc3n2CC)cc1. The molecule has 2 aromatic carbocycles. The summed E-state index contributed by atoms with van der Waals surface area (Å²) < 4.78 is 13.0. The number of methoxy groups -OCH3 is 1. The van der Waals surface area contributed by atoms with Gasteiger partial charge >= 0.3 is 0 Å². The lowest BCUT2D eigenvalue weighted by Gasteiger charge is -2.10. The fourth-order valence-corrected chi connectivity index (χ4v) is 3.08. The van der Waals surface area contributed by atoms with Gasteiger partial charge in [0.15, 0.2) is 0 Å². The lowest BCUT2D eigenvalue weighted by Crippen LogP contribution is -1.99. The number of nitriles is 1. The van der Waals surface area contributed by atoms with Crippen LogP contribution in [-0.2, 0) is 6.54 Å². The van der Waals surface area contributed by atoms with Crippen LogP contribution in [0.1, 0.15) is 12.5 Å². The molecule has 5 heteroatoms. The molecule has 124 valence electrons. The number of fused-ring (bicyclic) bond motifs is 1. The van der Waals surface area contributed by atoms with Crippen molar-refractivity contribution >= 4 is 18.7 Å². The molecule has 0 saturated heterocycles. The topological polar surface area (TPSA) is 47.2 Å². The van der Waals surface area contributed by atoms with E-state index < -0.39 is 0 Å². The van der Waals surface area contributed by atoms with E-state index in [0.29, 0.717) is 18.5 Å². The monoisotopic (exact) mass is 330 g/mol. The standard InChI is InChI=1S/C20H19BN2O2/c1-3-23-19-12-16(24-2)8-9-17(19)18(13-22)20(23)14-4-6-15(7-5-14)25-11-10-21/h4-9,12H,3,10-11H2,1-2H3. The van der Waals surface area contributed by atoms with Crippen LogP contribution in [-0.4, -0.2) is 26.1 Å². The van der Waals surface area contributed by atoms with Gasteiger partial charge in [0, 0.05) is 18.0 Å². The number of benzene rings is 2. The molecular weight excluding hydrogens is 311 g/mol. The zero-order valence-corrected chi connectivity index (χ0v) is 14.5. The van der Waals surface area contributed by atoms with Gasteiger partial charge in [-0.3, -0.25) is 0 Å². The van der Waals surface area contributed by atoms with Crippen molar-refractivity contribution in [1.29, 1.82) is 5.26 Å². The zero-order chi connectivity index (χ0) is 17.8. The fourth-order valence-electron chi connectivity index (χ4n) is 3.08. The van der Waals surface area contributed by atoms with Crippen molar-refractivity contribution in [1.82, 2.24) is 4.57 Å². The highest BCUT2D eigenvalue weighted by Crippen LogP contribution is 2.35. The molecule has 0 bridgehead atoms. The summed E-state index contributed by atoms with van der Waals surface area (Å²) in [5, 5.41) is 10.7. The summed E-state index contributed by atoms with van der Waals surface area (Å²) in [6.45, 7) is 3.31. The molecule has 0 amide bonds. The van der Waals surface area contributed by atoms with Crippen molar-refractivity contribution in [2.24, 2.45) is 0 Å². The minimum absolute atomic E-state index is 0.478. The Morgan fingerprint density at radius 2 is 1.84 bits per heavy atom. The Morgan fingerprint density at radius 3 is 2.44 bits per heavy atom. The zero-order valence-electron chi connectivity index (χ0n) is 14.5. The second-order valence-electron chi connectivity index (χ2n) is 5.62. The van der Waals surface area contributed by atoms with Gasteiger partial charge in [-0.05, 0) is 48.9 Å². The van der Waals surface area contributed by atoms with Gasteiger partial charge in [-0.1, -0.05) is 6.32 Å². The average Bonchev–Trinajstić information content (AvgIpc) is 2.99. The van der Waals surface area contributed by atoms with Crippen LogP contribution in [0.5, 0.6) is 11.5 Å². The molecule has 25 heavy (non-hydrogen) atoms. The summed E-state index contributed by atoms with van der Waals surface area (Å²) >= 11 is 0. The van der Waals surface area contributed by atoms with Gasteiger partial charge in [-0.2, -0.15) is 5.26 Å². The van der Waals surface area contributed by atoms with E-state index in [0.717, 1.165) is 40.2 Å². The molecule has 0 aliphatic rings. The molecule has 3 aromatic rings. The number of hydrogen-bond donors (Lipinski definition) is 0. The number of ether oxygens (including phenoxy) is 2. The highest BCUT2D eigenvalue weighted by molar-refractivity contribution is 6.08. The molecular formula is C20H19BN2O2. The molecule has 0 aliphatic carbocycles. The maximum Gasteiger partial charge on any atom is 0.120 e. The summed E-state index contributed by atoms with van der Waals surface area (Å²) in [6, 6.07) is 15.9. The van der Waals surface area contributed by atoms with Crippen molar-refractivity contribution in [2.75, 3.05) is 13.7 Å². The van der Waals surface area contributed by atoms with Crippen LogP contribution in [0.3, 0.4) is 0 Å². The Balaban J connectivity index is 2.16. The predicted molar refractivity (Wildman–Crippen MR) is 100 cm³/mol. The maximum atomic E-state index is 9.75. The number of hydrogen-bond acceptors (Lipinski definition) is 3. The lowest BCUT2D eigenvalue weighted by molar-refractivity contribution is 0.340. The van der Waals surface area contributed by atoms with Gasteiger partial charge in [0.2, 0.25) is 0 Å². The molecule has 0 aliphatic heterocycles. The van der Waals surface area contributed by atoms with E-state index in [1.807, 2.05) is 42.5 Å². The quantitative estimate of drug-likeness (QED) is 0.637. The van der Waals surface area contributed by atoms with Crippen LogP contribution in [0.15, 0.2) is 42.5 Å². The molecule has 1 aromatic heterocycles. The fraction of sp³-hybridized carbons (Fsp3) is 0.250. The van der Waals surface area contributed by atoms with Crippen LogP contribution >= 0.6 is 0 Å². The van der Waals surface area contributed by atoms with Crippen molar-refractivity contribution in [3.63, 3.8) is 0 Å². The minimum atomic E-state index is 0.478. The number of aryl methyl sites for hydroxylation is 1. The van der Waals surface area contributed by atoms with Crippen molar-refractivity contribution < 1.29 is 9.47 Å². The van der Waals surface area contributed by atoms with E-state index in [1.54, 1.807) is 7.11 Å². The van der Waals surface area contributed by atoms with E-state index >= 15 is 0 Å². The van der Waals surface area contributed by atoms with Crippen molar-refractivity contribution in [3.8, 4) is 28.8 Å². The second kappa shape index (κ2) is 7.35. The van der Waals surface area contributed by atoms with Gasteiger partial charge < -0.3 is 14.0 Å². The molecule has 4 nitrogen and oxygen atoms in total. The summed E-state index contributed by atoms with van der Waals surface area (Å²) in [4.78, 5) is 0. The molecule has 2 radical (unpaired) electrons. The van der Waals surface area contributed by atoms with Gasteiger partial charge in [-0.25, -0.2) is 0 Å². The normalized spacial score (nSPS) is 10.6. The summed E-state index contributed by atoms with van der Waals surface area (Å²) in [7, 11) is 7.11. The van der Waals surface area contributed by atoms with Gasteiger partial charge in [0.1, 0.15) is 17.6 Å². The smallest absolute Gasteiger partial charge is 0.120 e. The van der Waals surface area contributed by atoms with Gasteiger partial charge in [0.25, 0.3) is 0 Å². The Kier molecular flexibility index (Phi) is 4.99. The van der Waals surface area contributed by atoms with Crippen LogP contribution in [0.25, 0.3) is 22.2 Å². The molecule has 0 fully saturated rings.